The molecule has 2 N–H and O–H groups in total. The van der Waals surface area contributed by atoms with Gasteiger partial charge in [-0.1, -0.05) is 11.6 Å². The third-order valence-corrected chi connectivity index (χ3v) is 4.21. The lowest BCUT2D eigenvalue weighted by Gasteiger charge is -2.43. The van der Waals surface area contributed by atoms with Crippen molar-refractivity contribution in [2.24, 2.45) is 0 Å². The van der Waals surface area contributed by atoms with Crippen LogP contribution in [0.25, 0.3) is 0 Å². The predicted molar refractivity (Wildman–Crippen MR) is 84.3 cm³/mol. The number of halogens is 2. The molecule has 2 rings (SSSR count). The minimum absolute atomic E-state index is 0.0578. The van der Waals surface area contributed by atoms with E-state index in [0.717, 1.165) is 6.07 Å². The molecule has 0 radical (unpaired) electrons. The molecule has 0 spiro atoms. The maximum atomic E-state index is 14.1. The Bertz CT molecular complexity index is 677. The van der Waals surface area contributed by atoms with E-state index in [4.69, 9.17) is 31.4 Å². The average Bonchev–Trinajstić information content (AvgIpc) is 2.50. The minimum Gasteiger partial charge on any atom is -0.465 e. The van der Waals surface area contributed by atoms with Gasteiger partial charge in [-0.05, 0) is 44.4 Å². The molecule has 1 aliphatic rings. The van der Waals surface area contributed by atoms with Gasteiger partial charge < -0.3 is 19.9 Å². The van der Waals surface area contributed by atoms with Gasteiger partial charge in [0.2, 0.25) is 0 Å². The number of nitrogens with one attached hydrogen (secondary N) is 1. The lowest BCUT2D eigenvalue weighted by atomic mass is 9.91. The molecule has 0 aliphatic carbocycles. The first-order valence-corrected chi connectivity index (χ1v) is 7.71. The Morgan fingerprint density at radius 3 is 2.62 bits per heavy atom. The summed E-state index contributed by atoms with van der Waals surface area (Å²) in [7, 11) is 0. The second-order valence-electron chi connectivity index (χ2n) is 6.22. The van der Waals surface area contributed by atoms with E-state index in [-0.39, 0.29) is 36.6 Å². The second-order valence-corrected chi connectivity index (χ2v) is 6.63. The highest BCUT2D eigenvalue weighted by Gasteiger charge is 2.41. The highest BCUT2D eigenvalue weighted by molar-refractivity contribution is 6.31. The molecule has 130 valence electrons. The number of nitrogens with zero attached hydrogens (tertiary/aromatic N) is 1. The van der Waals surface area contributed by atoms with Crippen molar-refractivity contribution in [1.29, 1.82) is 5.26 Å². The lowest BCUT2D eigenvalue weighted by molar-refractivity contribution is -0.271. The van der Waals surface area contributed by atoms with Gasteiger partial charge in [0.25, 0.3) is 0 Å². The number of carboxylic acid groups (broad SMARTS) is 1. The second kappa shape index (κ2) is 6.93. The van der Waals surface area contributed by atoms with E-state index >= 15 is 0 Å². The Labute approximate surface area is 144 Å². The van der Waals surface area contributed by atoms with Crippen LogP contribution in [0.5, 0.6) is 0 Å². The Morgan fingerprint density at radius 2 is 2.08 bits per heavy atom. The summed E-state index contributed by atoms with van der Waals surface area (Å²) in [6, 6.07) is 4.27. The fourth-order valence-corrected chi connectivity index (χ4v) is 2.68. The van der Waals surface area contributed by atoms with E-state index in [9.17, 15) is 9.18 Å². The zero-order valence-corrected chi connectivity index (χ0v) is 14.1. The number of amides is 1. The highest BCUT2D eigenvalue weighted by Crippen LogP contribution is 2.28. The SMILES string of the molecule is CC1(C)OCC(CCc2cc(Cl)c(C#N)cc2F)(NC(=O)O)CO1. The molecule has 0 saturated carbocycles. The summed E-state index contributed by atoms with van der Waals surface area (Å²) in [4.78, 5) is 11.1. The zero-order chi connectivity index (χ0) is 18.0. The molecule has 1 aromatic carbocycles. The van der Waals surface area contributed by atoms with E-state index in [2.05, 4.69) is 5.32 Å². The van der Waals surface area contributed by atoms with Crippen LogP contribution in [0, 0.1) is 17.1 Å². The molecule has 1 heterocycles. The van der Waals surface area contributed by atoms with Gasteiger partial charge >= 0.3 is 6.09 Å². The van der Waals surface area contributed by atoms with Gasteiger partial charge in [0.05, 0.1) is 29.3 Å². The molecule has 0 bridgehead atoms. The third-order valence-electron chi connectivity index (χ3n) is 3.89. The van der Waals surface area contributed by atoms with Crippen molar-refractivity contribution in [3.8, 4) is 6.07 Å². The van der Waals surface area contributed by atoms with Crippen LogP contribution in [0.15, 0.2) is 12.1 Å². The fraction of sp³-hybridized carbons (Fsp3) is 0.500. The maximum Gasteiger partial charge on any atom is 0.405 e. The number of nitriles is 1. The summed E-state index contributed by atoms with van der Waals surface area (Å²) in [5.41, 5.74) is -0.619. The summed E-state index contributed by atoms with van der Waals surface area (Å²) in [6.07, 6.45) is -0.737. The Hall–Kier alpha value is -1.88. The van der Waals surface area contributed by atoms with Crippen molar-refractivity contribution >= 4 is 17.7 Å². The van der Waals surface area contributed by atoms with Gasteiger partial charge in [-0.3, -0.25) is 0 Å². The predicted octanol–water partition coefficient (Wildman–Crippen LogP) is 3.07. The Balaban J connectivity index is 2.16. The quantitative estimate of drug-likeness (QED) is 0.865. The summed E-state index contributed by atoms with van der Waals surface area (Å²) in [5, 5.41) is 20.5. The van der Waals surface area contributed by atoms with Gasteiger partial charge in [0, 0.05) is 0 Å². The average molecular weight is 357 g/mol. The van der Waals surface area contributed by atoms with Gasteiger partial charge in [-0.2, -0.15) is 5.26 Å². The van der Waals surface area contributed by atoms with Gasteiger partial charge in [0.1, 0.15) is 11.9 Å². The number of hydrogen-bond acceptors (Lipinski definition) is 4. The standard InChI is InChI=1S/C16H18ClFN2O4/c1-15(2)23-8-16(9-24-15,20-14(21)22)4-3-10-5-12(17)11(7-19)6-13(10)18/h5-6,20H,3-4,8-9H2,1-2H3,(H,21,22). The molecule has 1 aromatic rings. The lowest BCUT2D eigenvalue weighted by Crippen LogP contribution is -2.61. The normalized spacial score (nSPS) is 18.6. The molecule has 0 aromatic heterocycles. The van der Waals surface area contributed by atoms with Crippen LogP contribution >= 0.6 is 11.6 Å². The molecule has 0 unspecified atom stereocenters. The van der Waals surface area contributed by atoms with E-state index in [0.29, 0.717) is 5.56 Å². The summed E-state index contributed by atoms with van der Waals surface area (Å²) in [6.45, 7) is 3.69. The molecule has 1 saturated heterocycles. The fourth-order valence-electron chi connectivity index (χ4n) is 2.45. The number of ether oxygens (including phenoxy) is 2. The monoisotopic (exact) mass is 356 g/mol. The molecule has 0 atom stereocenters. The molecule has 6 nitrogen and oxygen atoms in total. The van der Waals surface area contributed by atoms with Gasteiger partial charge in [-0.25, -0.2) is 9.18 Å². The molecule has 1 amide bonds. The van der Waals surface area contributed by atoms with Crippen LogP contribution in [0.1, 0.15) is 31.4 Å². The maximum absolute atomic E-state index is 14.1. The largest absolute Gasteiger partial charge is 0.465 e. The van der Waals surface area contributed by atoms with Crippen molar-refractivity contribution < 1.29 is 23.8 Å². The first-order valence-electron chi connectivity index (χ1n) is 7.33. The number of rotatable bonds is 4. The van der Waals surface area contributed by atoms with Crippen molar-refractivity contribution in [2.75, 3.05) is 13.2 Å². The van der Waals surface area contributed by atoms with Crippen molar-refractivity contribution in [3.63, 3.8) is 0 Å². The Morgan fingerprint density at radius 1 is 1.46 bits per heavy atom. The van der Waals surface area contributed by atoms with Crippen LogP contribution < -0.4 is 5.32 Å². The van der Waals surface area contributed by atoms with Gasteiger partial charge in [-0.15, -0.1) is 0 Å². The minimum atomic E-state index is -1.21. The van der Waals surface area contributed by atoms with Crippen LogP contribution in [0.4, 0.5) is 9.18 Å². The highest BCUT2D eigenvalue weighted by atomic mass is 35.5. The summed E-state index contributed by atoms with van der Waals surface area (Å²) < 4.78 is 25.2. The number of aryl methyl sites for hydroxylation is 1. The first kappa shape index (κ1) is 18.5. The molecule has 1 fully saturated rings. The summed E-state index contributed by atoms with van der Waals surface area (Å²) >= 11 is 5.93. The zero-order valence-electron chi connectivity index (χ0n) is 13.4. The van der Waals surface area contributed by atoms with Crippen molar-refractivity contribution in [1.82, 2.24) is 5.32 Å². The van der Waals surface area contributed by atoms with E-state index in [1.807, 2.05) is 6.07 Å². The molecule has 1 aliphatic heterocycles. The summed E-state index contributed by atoms with van der Waals surface area (Å²) in [5.74, 6) is -1.36. The van der Waals surface area contributed by atoms with Crippen LogP contribution in [-0.2, 0) is 15.9 Å². The van der Waals surface area contributed by atoms with Crippen LogP contribution in [0.3, 0.4) is 0 Å². The van der Waals surface area contributed by atoms with Crippen molar-refractivity contribution in [2.45, 2.75) is 38.0 Å². The van der Waals surface area contributed by atoms with Gasteiger partial charge in [0.15, 0.2) is 5.79 Å². The first-order chi connectivity index (χ1) is 11.2. The number of carbonyl (C=O) groups is 1. The molecular weight excluding hydrogens is 339 g/mol. The third kappa shape index (κ3) is 4.35. The Kier molecular flexibility index (Phi) is 5.33. The number of benzene rings is 1. The molecule has 8 heteroatoms. The smallest absolute Gasteiger partial charge is 0.405 e. The number of hydrogen-bond donors (Lipinski definition) is 2. The molecular formula is C16H18ClFN2O4. The molecule has 24 heavy (non-hydrogen) atoms. The topological polar surface area (TPSA) is 91.6 Å². The van der Waals surface area contributed by atoms with Crippen LogP contribution in [-0.4, -0.2) is 35.7 Å². The van der Waals surface area contributed by atoms with E-state index in [1.165, 1.54) is 6.07 Å². The van der Waals surface area contributed by atoms with E-state index in [1.54, 1.807) is 13.8 Å². The van der Waals surface area contributed by atoms with E-state index < -0.39 is 23.2 Å². The van der Waals surface area contributed by atoms with Crippen LogP contribution in [0.2, 0.25) is 5.02 Å². The van der Waals surface area contributed by atoms with Crippen molar-refractivity contribution in [3.05, 3.63) is 34.1 Å².